The van der Waals surface area contributed by atoms with Crippen LogP contribution in [0.1, 0.15) is 17.8 Å². The Morgan fingerprint density at radius 2 is 1.62 bits per heavy atom. The summed E-state index contributed by atoms with van der Waals surface area (Å²) < 4.78 is 0. The zero-order valence-electron chi connectivity index (χ0n) is 12.7. The molecular weight excluding hydrogens is 341 g/mol. The molecule has 1 aromatic carbocycles. The highest BCUT2D eigenvalue weighted by molar-refractivity contribution is 6.30. The number of nitrogens with zero attached hydrogens (tertiary/aromatic N) is 3. The Bertz CT molecular complexity index is 862. The van der Waals surface area contributed by atoms with Crippen molar-refractivity contribution in [1.29, 1.82) is 0 Å². The van der Waals surface area contributed by atoms with Crippen LogP contribution in [0.2, 0.25) is 10.2 Å². The van der Waals surface area contributed by atoms with Gasteiger partial charge in [0.15, 0.2) is 5.15 Å². The van der Waals surface area contributed by atoms with Crippen LogP contribution >= 0.6 is 23.2 Å². The van der Waals surface area contributed by atoms with Gasteiger partial charge in [-0.3, -0.25) is 0 Å². The molecule has 0 aliphatic rings. The molecule has 0 radical (unpaired) electrons. The van der Waals surface area contributed by atoms with Gasteiger partial charge in [-0.05, 0) is 41.8 Å². The van der Waals surface area contributed by atoms with Gasteiger partial charge in [0.25, 0.3) is 0 Å². The lowest BCUT2D eigenvalue weighted by atomic mass is 10.1. The molecule has 0 bridgehead atoms. The van der Waals surface area contributed by atoms with Crippen molar-refractivity contribution in [2.24, 2.45) is 0 Å². The second-order valence-corrected chi connectivity index (χ2v) is 5.91. The largest absolute Gasteiger partial charge is 0.247 e. The summed E-state index contributed by atoms with van der Waals surface area (Å²) in [6, 6.07) is 15.2. The van der Waals surface area contributed by atoms with Crippen LogP contribution in [0.15, 0.2) is 54.7 Å². The SMILES string of the molecule is Clc1ccc(-c2ccc(C#CCCc3ccc(Cl)nn3)nc2)cc1. The minimum Gasteiger partial charge on any atom is -0.247 e. The number of aromatic nitrogens is 3. The summed E-state index contributed by atoms with van der Waals surface area (Å²) in [5.74, 6) is 6.16. The van der Waals surface area contributed by atoms with Gasteiger partial charge in [-0.2, -0.15) is 5.10 Å². The molecule has 0 atom stereocenters. The molecule has 0 amide bonds. The quantitative estimate of drug-likeness (QED) is 0.633. The number of halogens is 2. The molecule has 0 aliphatic carbocycles. The van der Waals surface area contributed by atoms with Crippen molar-refractivity contribution in [2.75, 3.05) is 0 Å². The van der Waals surface area contributed by atoms with Crippen molar-refractivity contribution in [2.45, 2.75) is 12.8 Å². The van der Waals surface area contributed by atoms with E-state index >= 15 is 0 Å². The lowest BCUT2D eigenvalue weighted by molar-refractivity contribution is 0.885. The van der Waals surface area contributed by atoms with Gasteiger partial charge in [-0.1, -0.05) is 47.3 Å². The molecule has 24 heavy (non-hydrogen) atoms. The Morgan fingerprint density at radius 1 is 0.833 bits per heavy atom. The molecule has 0 spiro atoms. The first-order chi connectivity index (χ1) is 11.7. The molecule has 0 aliphatic heterocycles. The monoisotopic (exact) mass is 353 g/mol. The summed E-state index contributed by atoms with van der Waals surface area (Å²) in [6.07, 6.45) is 3.24. The summed E-state index contributed by atoms with van der Waals surface area (Å²) in [5.41, 5.74) is 3.73. The summed E-state index contributed by atoms with van der Waals surface area (Å²) in [7, 11) is 0. The van der Waals surface area contributed by atoms with Crippen LogP contribution < -0.4 is 0 Å². The number of hydrogen-bond donors (Lipinski definition) is 0. The van der Waals surface area contributed by atoms with E-state index in [9.17, 15) is 0 Å². The molecule has 0 fully saturated rings. The first kappa shape index (κ1) is 16.4. The van der Waals surface area contributed by atoms with Gasteiger partial charge in [0.1, 0.15) is 5.69 Å². The number of rotatable bonds is 3. The van der Waals surface area contributed by atoms with Crippen LogP contribution in [-0.4, -0.2) is 15.2 Å². The maximum absolute atomic E-state index is 5.90. The molecule has 5 heteroatoms. The zero-order chi connectivity index (χ0) is 16.8. The van der Waals surface area contributed by atoms with Gasteiger partial charge in [-0.15, -0.1) is 5.10 Å². The third kappa shape index (κ3) is 4.55. The molecule has 3 rings (SSSR count). The maximum Gasteiger partial charge on any atom is 0.151 e. The predicted molar refractivity (Wildman–Crippen MR) is 96.9 cm³/mol. The van der Waals surface area contributed by atoms with Crippen LogP contribution in [-0.2, 0) is 6.42 Å². The molecular formula is C19H13Cl2N3. The molecule has 0 N–H and O–H groups in total. The highest BCUT2D eigenvalue weighted by Gasteiger charge is 1.98. The molecule has 0 unspecified atom stereocenters. The van der Waals surface area contributed by atoms with Crippen molar-refractivity contribution in [3.63, 3.8) is 0 Å². The van der Waals surface area contributed by atoms with E-state index in [2.05, 4.69) is 27.0 Å². The van der Waals surface area contributed by atoms with Gasteiger partial charge in [0.2, 0.25) is 0 Å². The number of pyridine rings is 1. The van der Waals surface area contributed by atoms with Crippen LogP contribution in [0.3, 0.4) is 0 Å². The molecule has 0 saturated carbocycles. The number of benzene rings is 1. The topological polar surface area (TPSA) is 38.7 Å². The van der Waals surface area contributed by atoms with E-state index in [1.807, 2.05) is 48.7 Å². The first-order valence-electron chi connectivity index (χ1n) is 7.40. The van der Waals surface area contributed by atoms with E-state index < -0.39 is 0 Å². The molecule has 118 valence electrons. The van der Waals surface area contributed by atoms with Gasteiger partial charge >= 0.3 is 0 Å². The average Bonchev–Trinajstić information content (AvgIpc) is 2.62. The van der Waals surface area contributed by atoms with Gasteiger partial charge < -0.3 is 0 Å². The summed E-state index contributed by atoms with van der Waals surface area (Å²) in [6.45, 7) is 0. The lowest BCUT2D eigenvalue weighted by Crippen LogP contribution is -1.91. The zero-order valence-corrected chi connectivity index (χ0v) is 14.2. The molecule has 0 saturated heterocycles. The smallest absolute Gasteiger partial charge is 0.151 e. The van der Waals surface area contributed by atoms with Crippen molar-refractivity contribution in [3.8, 4) is 23.0 Å². The fraction of sp³-hybridized carbons (Fsp3) is 0.105. The number of aryl methyl sites for hydroxylation is 1. The van der Waals surface area contributed by atoms with Crippen LogP contribution in [0, 0.1) is 11.8 Å². The highest BCUT2D eigenvalue weighted by Crippen LogP contribution is 2.20. The minimum atomic E-state index is 0.398. The maximum atomic E-state index is 5.90. The molecule has 3 nitrogen and oxygen atoms in total. The van der Waals surface area contributed by atoms with E-state index in [1.165, 1.54) is 0 Å². The van der Waals surface area contributed by atoms with Gasteiger partial charge in [-0.25, -0.2) is 4.98 Å². The van der Waals surface area contributed by atoms with Crippen molar-refractivity contribution in [3.05, 3.63) is 76.3 Å². The molecule has 2 heterocycles. The minimum absolute atomic E-state index is 0.398. The van der Waals surface area contributed by atoms with Crippen molar-refractivity contribution in [1.82, 2.24) is 15.2 Å². The summed E-state index contributed by atoms with van der Waals surface area (Å²) in [4.78, 5) is 4.38. The number of hydrogen-bond acceptors (Lipinski definition) is 3. The van der Waals surface area contributed by atoms with E-state index in [1.54, 1.807) is 6.07 Å². The highest BCUT2D eigenvalue weighted by atomic mass is 35.5. The molecule has 2 aromatic heterocycles. The standard InChI is InChI=1S/C19H13Cl2N3/c20-16-8-5-14(6-9-16)15-7-10-17(22-13-15)3-1-2-4-18-11-12-19(21)24-23-18/h5-13H,2,4H2. The summed E-state index contributed by atoms with van der Waals surface area (Å²) in [5, 5.41) is 8.93. The summed E-state index contributed by atoms with van der Waals surface area (Å²) >= 11 is 11.6. The fourth-order valence-electron chi connectivity index (χ4n) is 2.10. The first-order valence-corrected chi connectivity index (χ1v) is 8.15. The average molecular weight is 354 g/mol. The third-order valence-electron chi connectivity index (χ3n) is 3.35. The predicted octanol–water partition coefficient (Wildman–Crippen LogP) is 4.83. The van der Waals surface area contributed by atoms with Crippen molar-refractivity contribution >= 4 is 23.2 Å². The van der Waals surface area contributed by atoms with E-state index in [0.717, 1.165) is 34.0 Å². The third-order valence-corrected chi connectivity index (χ3v) is 3.80. The van der Waals surface area contributed by atoms with E-state index in [-0.39, 0.29) is 0 Å². The Morgan fingerprint density at radius 3 is 2.29 bits per heavy atom. The Hall–Kier alpha value is -2.41. The molecule has 3 aromatic rings. The van der Waals surface area contributed by atoms with Crippen LogP contribution in [0.25, 0.3) is 11.1 Å². The van der Waals surface area contributed by atoms with Gasteiger partial charge in [0.05, 0.1) is 5.69 Å². The second-order valence-electron chi connectivity index (χ2n) is 5.09. The van der Waals surface area contributed by atoms with Crippen LogP contribution in [0.5, 0.6) is 0 Å². The van der Waals surface area contributed by atoms with E-state index in [4.69, 9.17) is 23.2 Å². The Labute approximate surface area is 150 Å². The Kier molecular flexibility index (Phi) is 5.43. The van der Waals surface area contributed by atoms with Crippen molar-refractivity contribution < 1.29 is 0 Å². The second kappa shape index (κ2) is 7.92. The normalized spacial score (nSPS) is 10.1. The lowest BCUT2D eigenvalue weighted by Gasteiger charge is -2.01. The van der Waals surface area contributed by atoms with Crippen LogP contribution in [0.4, 0.5) is 0 Å². The fourth-order valence-corrected chi connectivity index (χ4v) is 2.33. The Balaban J connectivity index is 1.60. The van der Waals surface area contributed by atoms with Gasteiger partial charge in [0, 0.05) is 29.6 Å². The van der Waals surface area contributed by atoms with E-state index in [0.29, 0.717) is 11.6 Å².